The molecule has 5 nitrogen and oxygen atoms in total. The van der Waals surface area contributed by atoms with E-state index in [-0.39, 0.29) is 11.8 Å². The molecule has 2 rings (SSSR count). The summed E-state index contributed by atoms with van der Waals surface area (Å²) in [7, 11) is 0. The van der Waals surface area contributed by atoms with E-state index >= 15 is 0 Å². The maximum Gasteiger partial charge on any atom is 0.225 e. The fourth-order valence-electron chi connectivity index (χ4n) is 3.46. The van der Waals surface area contributed by atoms with Gasteiger partial charge in [-0.1, -0.05) is 19.3 Å². The van der Waals surface area contributed by atoms with Crippen molar-refractivity contribution in [2.24, 2.45) is 5.92 Å². The first-order valence-corrected chi connectivity index (χ1v) is 8.86. The predicted octanol–water partition coefficient (Wildman–Crippen LogP) is 2.05. The average Bonchev–Trinajstić information content (AvgIpc) is 2.81. The predicted molar refractivity (Wildman–Crippen MR) is 85.5 cm³/mol. The van der Waals surface area contributed by atoms with Gasteiger partial charge in [0.1, 0.15) is 0 Å². The molecular weight excluding hydrogens is 280 g/mol. The Bertz CT molecular complexity index is 367. The zero-order chi connectivity index (χ0) is 15.8. The molecule has 0 unspecified atom stereocenters. The van der Waals surface area contributed by atoms with Crippen LogP contribution in [0.15, 0.2) is 0 Å². The van der Waals surface area contributed by atoms with Gasteiger partial charge in [0, 0.05) is 38.7 Å². The Labute approximate surface area is 134 Å². The maximum absolute atomic E-state index is 12.6. The molecule has 0 aromatic rings. The van der Waals surface area contributed by atoms with Gasteiger partial charge >= 0.3 is 0 Å². The van der Waals surface area contributed by atoms with Crippen LogP contribution in [-0.4, -0.2) is 61.0 Å². The summed E-state index contributed by atoms with van der Waals surface area (Å²) in [6.45, 7) is 6.00. The largest absolute Gasteiger partial charge is 0.381 e. The van der Waals surface area contributed by atoms with Gasteiger partial charge in [-0.3, -0.25) is 9.59 Å². The van der Waals surface area contributed by atoms with Crippen molar-refractivity contribution in [3.05, 3.63) is 0 Å². The van der Waals surface area contributed by atoms with Crippen molar-refractivity contribution in [1.29, 1.82) is 0 Å². The van der Waals surface area contributed by atoms with E-state index in [1.165, 1.54) is 19.3 Å². The molecule has 1 aliphatic heterocycles. The van der Waals surface area contributed by atoms with Crippen molar-refractivity contribution >= 4 is 11.8 Å². The highest BCUT2D eigenvalue weighted by molar-refractivity contribution is 5.79. The van der Waals surface area contributed by atoms with E-state index in [9.17, 15) is 9.59 Å². The van der Waals surface area contributed by atoms with Crippen LogP contribution in [0.3, 0.4) is 0 Å². The summed E-state index contributed by atoms with van der Waals surface area (Å²) in [6.07, 6.45) is 7.08. The molecule has 0 aromatic heterocycles. The molecular formula is C17H30N2O3. The zero-order valence-corrected chi connectivity index (χ0v) is 13.9. The summed E-state index contributed by atoms with van der Waals surface area (Å²) in [5.74, 6) is 0.706. The molecule has 0 atom stereocenters. The number of nitrogens with zero attached hydrogens (tertiary/aromatic N) is 2. The molecule has 0 bridgehead atoms. The minimum Gasteiger partial charge on any atom is -0.381 e. The first kappa shape index (κ1) is 17.3. The molecule has 1 aliphatic carbocycles. The second kappa shape index (κ2) is 9.13. The molecule has 0 spiro atoms. The van der Waals surface area contributed by atoms with Crippen molar-refractivity contribution in [3.8, 4) is 0 Å². The van der Waals surface area contributed by atoms with Gasteiger partial charge in [0.15, 0.2) is 0 Å². The van der Waals surface area contributed by atoms with Crippen LogP contribution in [0.5, 0.6) is 0 Å². The fourth-order valence-corrected chi connectivity index (χ4v) is 3.46. The Morgan fingerprint density at radius 2 is 1.64 bits per heavy atom. The standard InChI is InChI=1S/C17H30N2O3/c1-2-22-14-9-16(20)18-10-6-11-19(13-12-18)17(21)15-7-4-3-5-8-15/h15H,2-14H2,1H3. The van der Waals surface area contributed by atoms with E-state index < -0.39 is 0 Å². The molecule has 126 valence electrons. The van der Waals surface area contributed by atoms with Crippen LogP contribution in [0.4, 0.5) is 0 Å². The average molecular weight is 310 g/mol. The lowest BCUT2D eigenvalue weighted by Crippen LogP contribution is -2.40. The second-order valence-electron chi connectivity index (χ2n) is 6.34. The normalized spacial score (nSPS) is 20.8. The fraction of sp³-hybridized carbons (Fsp3) is 0.882. The van der Waals surface area contributed by atoms with Crippen LogP contribution in [0.1, 0.15) is 51.9 Å². The molecule has 1 heterocycles. The number of rotatable bonds is 5. The molecule has 5 heteroatoms. The molecule has 1 saturated carbocycles. The Kier molecular flexibility index (Phi) is 7.16. The molecule has 2 aliphatic rings. The van der Waals surface area contributed by atoms with E-state index in [1.807, 2.05) is 16.7 Å². The second-order valence-corrected chi connectivity index (χ2v) is 6.34. The minimum absolute atomic E-state index is 0.153. The maximum atomic E-state index is 12.6. The van der Waals surface area contributed by atoms with Gasteiger partial charge in [-0.2, -0.15) is 0 Å². The Morgan fingerprint density at radius 1 is 0.955 bits per heavy atom. The van der Waals surface area contributed by atoms with Crippen LogP contribution in [0, 0.1) is 5.92 Å². The molecule has 0 N–H and O–H groups in total. The zero-order valence-electron chi connectivity index (χ0n) is 13.9. The van der Waals surface area contributed by atoms with Crippen molar-refractivity contribution in [2.75, 3.05) is 39.4 Å². The first-order valence-electron chi connectivity index (χ1n) is 8.86. The van der Waals surface area contributed by atoms with Crippen LogP contribution in [0.2, 0.25) is 0 Å². The van der Waals surface area contributed by atoms with Crippen molar-refractivity contribution in [3.63, 3.8) is 0 Å². The minimum atomic E-state index is 0.153. The summed E-state index contributed by atoms with van der Waals surface area (Å²) in [6, 6.07) is 0. The lowest BCUT2D eigenvalue weighted by molar-refractivity contribution is -0.137. The van der Waals surface area contributed by atoms with E-state index in [0.717, 1.165) is 32.4 Å². The van der Waals surface area contributed by atoms with Gasteiger partial charge in [-0.05, 0) is 26.2 Å². The van der Waals surface area contributed by atoms with Crippen LogP contribution >= 0.6 is 0 Å². The lowest BCUT2D eigenvalue weighted by Gasteiger charge is -2.28. The number of carbonyl (C=O) groups excluding carboxylic acids is 2. The summed E-state index contributed by atoms with van der Waals surface area (Å²) in [4.78, 5) is 28.6. The Hall–Kier alpha value is -1.10. The number of ether oxygens (including phenoxy) is 1. The lowest BCUT2D eigenvalue weighted by atomic mass is 9.88. The van der Waals surface area contributed by atoms with Crippen molar-refractivity contribution in [2.45, 2.75) is 51.9 Å². The third-order valence-electron chi connectivity index (χ3n) is 4.78. The molecule has 1 saturated heterocycles. The summed E-state index contributed by atoms with van der Waals surface area (Å²) in [5.41, 5.74) is 0. The molecule has 2 amide bonds. The quantitative estimate of drug-likeness (QED) is 0.730. The topological polar surface area (TPSA) is 49.9 Å². The Balaban J connectivity index is 1.78. The third kappa shape index (κ3) is 4.97. The van der Waals surface area contributed by atoms with Gasteiger partial charge in [-0.25, -0.2) is 0 Å². The molecule has 0 aromatic carbocycles. The van der Waals surface area contributed by atoms with Crippen LogP contribution < -0.4 is 0 Å². The van der Waals surface area contributed by atoms with Gasteiger partial charge in [0.2, 0.25) is 11.8 Å². The van der Waals surface area contributed by atoms with Gasteiger partial charge in [-0.15, -0.1) is 0 Å². The van der Waals surface area contributed by atoms with Crippen LogP contribution in [0.25, 0.3) is 0 Å². The molecule has 2 fully saturated rings. The van der Waals surface area contributed by atoms with E-state index in [1.54, 1.807) is 0 Å². The number of hydrogen-bond donors (Lipinski definition) is 0. The number of amides is 2. The number of carbonyl (C=O) groups is 2. The number of hydrogen-bond acceptors (Lipinski definition) is 3. The van der Waals surface area contributed by atoms with Crippen molar-refractivity contribution < 1.29 is 14.3 Å². The van der Waals surface area contributed by atoms with Gasteiger partial charge in [0.25, 0.3) is 0 Å². The summed E-state index contributed by atoms with van der Waals surface area (Å²) in [5, 5.41) is 0. The van der Waals surface area contributed by atoms with Gasteiger partial charge < -0.3 is 14.5 Å². The third-order valence-corrected chi connectivity index (χ3v) is 4.78. The van der Waals surface area contributed by atoms with Gasteiger partial charge in [0.05, 0.1) is 13.0 Å². The Morgan fingerprint density at radius 3 is 2.36 bits per heavy atom. The molecule has 0 radical (unpaired) electrons. The molecule has 22 heavy (non-hydrogen) atoms. The highest BCUT2D eigenvalue weighted by atomic mass is 16.5. The highest BCUT2D eigenvalue weighted by Crippen LogP contribution is 2.25. The summed E-state index contributed by atoms with van der Waals surface area (Å²) >= 11 is 0. The van der Waals surface area contributed by atoms with E-state index in [0.29, 0.717) is 38.6 Å². The summed E-state index contributed by atoms with van der Waals surface area (Å²) < 4.78 is 5.25. The smallest absolute Gasteiger partial charge is 0.225 e. The van der Waals surface area contributed by atoms with Crippen LogP contribution in [-0.2, 0) is 14.3 Å². The SMILES string of the molecule is CCOCCC(=O)N1CCCN(C(=O)C2CCCCC2)CC1. The highest BCUT2D eigenvalue weighted by Gasteiger charge is 2.28. The van der Waals surface area contributed by atoms with E-state index in [2.05, 4.69) is 0 Å². The monoisotopic (exact) mass is 310 g/mol. The van der Waals surface area contributed by atoms with E-state index in [4.69, 9.17) is 4.74 Å². The van der Waals surface area contributed by atoms with Crippen molar-refractivity contribution in [1.82, 2.24) is 9.80 Å². The first-order chi connectivity index (χ1) is 10.7.